The highest BCUT2D eigenvalue weighted by molar-refractivity contribution is 5.81. The minimum atomic E-state index is 0.0208. The van der Waals surface area contributed by atoms with Crippen molar-refractivity contribution in [2.24, 2.45) is 5.92 Å². The van der Waals surface area contributed by atoms with Gasteiger partial charge >= 0.3 is 0 Å². The molecule has 0 aromatic heterocycles. The number of hydrogen-bond donors (Lipinski definition) is 2. The monoisotopic (exact) mass is 156 g/mol. The van der Waals surface area contributed by atoms with Gasteiger partial charge in [0.25, 0.3) is 0 Å². The van der Waals surface area contributed by atoms with Gasteiger partial charge in [0.2, 0.25) is 5.91 Å². The molecule has 2 unspecified atom stereocenters. The van der Waals surface area contributed by atoms with Gasteiger partial charge in [-0.1, -0.05) is 6.92 Å². The topological polar surface area (TPSA) is 41.1 Å². The summed E-state index contributed by atoms with van der Waals surface area (Å²) in [5.74, 6) is 0.795. The molecule has 1 heterocycles. The summed E-state index contributed by atoms with van der Waals surface area (Å²) in [6.07, 6.45) is 2.06. The van der Waals surface area contributed by atoms with Gasteiger partial charge in [0.05, 0.1) is 6.04 Å². The third-order valence-corrected chi connectivity index (χ3v) is 2.24. The van der Waals surface area contributed by atoms with Crippen LogP contribution in [0.5, 0.6) is 0 Å². The van der Waals surface area contributed by atoms with Crippen LogP contribution in [0.25, 0.3) is 0 Å². The number of likely N-dealkylation sites (N-methyl/N-ethyl adjacent to an activating group) is 1. The minimum Gasteiger partial charge on any atom is -0.355 e. The van der Waals surface area contributed by atoms with Crippen LogP contribution >= 0.6 is 0 Å². The lowest BCUT2D eigenvalue weighted by atomic mass is 10.0. The first-order chi connectivity index (χ1) is 5.24. The Bertz CT molecular complexity index is 147. The molecule has 3 nitrogen and oxygen atoms in total. The molecule has 0 radical (unpaired) electrons. The highest BCUT2D eigenvalue weighted by Gasteiger charge is 2.21. The van der Waals surface area contributed by atoms with Crippen molar-refractivity contribution >= 4 is 5.91 Å². The summed E-state index contributed by atoms with van der Waals surface area (Å²) in [7, 11) is 1.84. The summed E-state index contributed by atoms with van der Waals surface area (Å²) in [6.45, 7) is 3.02. The Morgan fingerprint density at radius 1 is 1.64 bits per heavy atom. The highest BCUT2D eigenvalue weighted by Crippen LogP contribution is 2.12. The Morgan fingerprint density at radius 3 is 3.00 bits per heavy atom. The Balaban J connectivity index is 2.52. The van der Waals surface area contributed by atoms with Crippen molar-refractivity contribution in [3.63, 3.8) is 0 Å². The Morgan fingerprint density at radius 2 is 2.36 bits per heavy atom. The number of hydrogen-bond acceptors (Lipinski definition) is 2. The van der Waals surface area contributed by atoms with E-state index in [4.69, 9.17) is 0 Å². The van der Waals surface area contributed by atoms with Gasteiger partial charge in [-0.15, -0.1) is 0 Å². The first-order valence-corrected chi connectivity index (χ1v) is 4.19. The van der Waals surface area contributed by atoms with E-state index in [0.717, 1.165) is 19.4 Å². The van der Waals surface area contributed by atoms with Crippen molar-refractivity contribution in [3.8, 4) is 0 Å². The molecule has 0 bridgehead atoms. The summed E-state index contributed by atoms with van der Waals surface area (Å²) in [4.78, 5) is 11.2. The first kappa shape index (κ1) is 8.53. The number of amides is 1. The maximum Gasteiger partial charge on any atom is 0.237 e. The van der Waals surface area contributed by atoms with Crippen LogP contribution in [0.15, 0.2) is 0 Å². The largest absolute Gasteiger partial charge is 0.355 e. The zero-order valence-corrected chi connectivity index (χ0v) is 7.18. The van der Waals surface area contributed by atoms with E-state index in [0.29, 0.717) is 5.92 Å². The molecule has 2 atom stereocenters. The van der Waals surface area contributed by atoms with Crippen molar-refractivity contribution in [2.45, 2.75) is 25.8 Å². The lowest BCUT2D eigenvalue weighted by molar-refractivity contribution is -0.122. The van der Waals surface area contributed by atoms with E-state index in [2.05, 4.69) is 17.6 Å². The van der Waals surface area contributed by atoms with Gasteiger partial charge in [0.15, 0.2) is 0 Å². The molecule has 11 heavy (non-hydrogen) atoms. The maximum atomic E-state index is 11.2. The number of nitrogens with one attached hydrogen (secondary N) is 2. The predicted octanol–water partition coefficient (Wildman–Crippen LogP) is 0.120. The van der Waals surface area contributed by atoms with Crippen molar-refractivity contribution in [2.75, 3.05) is 13.6 Å². The molecule has 1 aliphatic rings. The van der Waals surface area contributed by atoms with Crippen molar-refractivity contribution in [1.82, 2.24) is 10.6 Å². The normalized spacial score (nSPS) is 32.7. The van der Waals surface area contributed by atoms with Crippen LogP contribution in [-0.4, -0.2) is 25.5 Å². The van der Waals surface area contributed by atoms with Gasteiger partial charge in [-0.25, -0.2) is 0 Å². The first-order valence-electron chi connectivity index (χ1n) is 4.19. The SMILES string of the molecule is CNC1CC(C)CCNC1=O. The van der Waals surface area contributed by atoms with Crippen molar-refractivity contribution < 1.29 is 4.79 Å². The van der Waals surface area contributed by atoms with Crippen LogP contribution in [0.4, 0.5) is 0 Å². The predicted molar refractivity (Wildman–Crippen MR) is 44.3 cm³/mol. The van der Waals surface area contributed by atoms with E-state index in [1.54, 1.807) is 0 Å². The Kier molecular flexibility index (Phi) is 2.88. The molecule has 0 aromatic carbocycles. The smallest absolute Gasteiger partial charge is 0.237 e. The molecule has 1 aliphatic heterocycles. The fourth-order valence-corrected chi connectivity index (χ4v) is 1.44. The van der Waals surface area contributed by atoms with E-state index in [9.17, 15) is 4.79 Å². The summed E-state index contributed by atoms with van der Waals surface area (Å²) in [6, 6.07) is 0.0208. The standard InChI is InChI=1S/C8H16N2O/c1-6-3-4-10-8(11)7(5-6)9-2/h6-7,9H,3-5H2,1-2H3,(H,10,11). The van der Waals surface area contributed by atoms with Crippen LogP contribution in [0, 0.1) is 5.92 Å². The van der Waals surface area contributed by atoms with Crippen LogP contribution in [0.3, 0.4) is 0 Å². The van der Waals surface area contributed by atoms with E-state index < -0.39 is 0 Å². The molecular weight excluding hydrogens is 140 g/mol. The van der Waals surface area contributed by atoms with Crippen LogP contribution in [0.1, 0.15) is 19.8 Å². The quantitative estimate of drug-likeness (QED) is 0.566. The highest BCUT2D eigenvalue weighted by atomic mass is 16.2. The summed E-state index contributed by atoms with van der Waals surface area (Å²) >= 11 is 0. The van der Waals surface area contributed by atoms with E-state index in [-0.39, 0.29) is 11.9 Å². The van der Waals surface area contributed by atoms with E-state index in [1.807, 2.05) is 7.05 Å². The van der Waals surface area contributed by atoms with Gasteiger partial charge in [0.1, 0.15) is 0 Å². The van der Waals surface area contributed by atoms with Crippen molar-refractivity contribution in [1.29, 1.82) is 0 Å². The third-order valence-electron chi connectivity index (χ3n) is 2.24. The summed E-state index contributed by atoms with van der Waals surface area (Å²) in [5, 5.41) is 5.89. The third kappa shape index (κ3) is 2.19. The average Bonchev–Trinajstić information content (AvgIpc) is 2.13. The molecule has 0 spiro atoms. The fraction of sp³-hybridized carbons (Fsp3) is 0.875. The average molecular weight is 156 g/mol. The lowest BCUT2D eigenvalue weighted by Crippen LogP contribution is -2.41. The minimum absolute atomic E-state index is 0.0208. The Labute approximate surface area is 67.5 Å². The summed E-state index contributed by atoms with van der Waals surface area (Å²) < 4.78 is 0. The van der Waals surface area contributed by atoms with Gasteiger partial charge in [-0.05, 0) is 25.8 Å². The zero-order valence-electron chi connectivity index (χ0n) is 7.18. The molecule has 0 aromatic rings. The molecular formula is C8H16N2O. The van der Waals surface area contributed by atoms with Crippen LogP contribution < -0.4 is 10.6 Å². The molecule has 2 N–H and O–H groups in total. The Hall–Kier alpha value is -0.570. The van der Waals surface area contributed by atoms with E-state index >= 15 is 0 Å². The number of rotatable bonds is 1. The molecule has 0 aliphatic carbocycles. The molecule has 64 valence electrons. The van der Waals surface area contributed by atoms with Gasteiger partial charge in [0, 0.05) is 6.54 Å². The number of carbonyl (C=O) groups excluding carboxylic acids is 1. The van der Waals surface area contributed by atoms with Crippen molar-refractivity contribution in [3.05, 3.63) is 0 Å². The van der Waals surface area contributed by atoms with Gasteiger partial charge in [-0.2, -0.15) is 0 Å². The van der Waals surface area contributed by atoms with Gasteiger partial charge < -0.3 is 10.6 Å². The molecule has 1 amide bonds. The van der Waals surface area contributed by atoms with E-state index in [1.165, 1.54) is 0 Å². The lowest BCUT2D eigenvalue weighted by Gasteiger charge is -2.13. The second kappa shape index (κ2) is 3.72. The zero-order chi connectivity index (χ0) is 8.27. The molecule has 0 saturated carbocycles. The summed E-state index contributed by atoms with van der Waals surface area (Å²) in [5.41, 5.74) is 0. The maximum absolute atomic E-state index is 11.2. The van der Waals surface area contributed by atoms with Gasteiger partial charge in [-0.3, -0.25) is 4.79 Å². The molecule has 3 heteroatoms. The van der Waals surface area contributed by atoms with Crippen LogP contribution in [-0.2, 0) is 4.79 Å². The van der Waals surface area contributed by atoms with Crippen LogP contribution in [0.2, 0.25) is 0 Å². The fourth-order valence-electron chi connectivity index (χ4n) is 1.44. The molecule has 1 fully saturated rings. The molecule has 1 saturated heterocycles. The molecule has 1 rings (SSSR count). The second-order valence-corrected chi connectivity index (χ2v) is 3.26. The number of carbonyl (C=O) groups is 1. The second-order valence-electron chi connectivity index (χ2n) is 3.26.